The van der Waals surface area contributed by atoms with Crippen molar-refractivity contribution in [1.29, 1.82) is 0 Å². The number of phenolic OH excluding ortho intramolecular Hbond substituents is 20. The second kappa shape index (κ2) is 27.1. The molecule has 0 amide bonds. The number of benzene rings is 7. The van der Waals surface area contributed by atoms with Crippen LogP contribution in [-0.2, 0) is 57.0 Å². The van der Waals surface area contributed by atoms with Crippen molar-refractivity contribution in [3.63, 3.8) is 0 Å². The zero-order valence-electron chi connectivity index (χ0n) is 55.4. The van der Waals surface area contributed by atoms with Gasteiger partial charge >= 0.3 is 47.8 Å². The standard InChI is InChI=1S/C41H28O27.C27H22O18/c42-14-1-8(2-15(43)24(14)48)34(54)67-39-33-32-31(64-37(57)12-6-19(46)40(59,60)41(61)22(12)11-3-13(38(58)66-33)23(47)29(53)30(11)68-41)18(63-39)7-62-35(55)9-4-16(44)25(49)27(51)20(9)21-10(36(56)65-32)5-17(45)26(50)28(21)52;28-9-1-6(2-10(29)16(9)32)24(39)45-27-22(38)23-19(35)13(43-27)5-42-25(40)7-3-11(30)17(33)20(36)14(7)15-8(26(41)44-23)4-12(31)18(34)21(15)37/h1-6,18,22,31-33,39,42-45,47-53,59-61H,7H2;1-4,13,19,22-23,27-38H,5H2/t18?,22-,31-,32+,33-,39+,41-;13?,19-,22?,23-,27+/m11/s1. The second-order valence-electron chi connectivity index (χ2n) is 25.2. The van der Waals surface area contributed by atoms with E-state index in [9.17, 15) is 171 Å². The Morgan fingerprint density at radius 1 is 0.363 bits per heavy atom. The van der Waals surface area contributed by atoms with E-state index in [4.69, 9.17) is 52.1 Å². The fourth-order valence-electron chi connectivity index (χ4n) is 12.9. The molecule has 7 aromatic carbocycles. The molecule has 8 bridgehead atoms. The van der Waals surface area contributed by atoms with Gasteiger partial charge in [0.2, 0.25) is 53.2 Å². The number of carbonyl (C=O) groups is 9. The normalized spacial score (nSPS) is 24.6. The third-order valence-corrected chi connectivity index (χ3v) is 18.5. The zero-order valence-corrected chi connectivity index (χ0v) is 55.4. The van der Waals surface area contributed by atoms with Crippen molar-refractivity contribution in [2.45, 2.75) is 78.9 Å². The van der Waals surface area contributed by atoms with Crippen LogP contribution in [-0.4, -0.2) is 267 Å². The monoisotopic (exact) mass is 1590 g/mol. The van der Waals surface area contributed by atoms with Crippen LogP contribution in [0.3, 0.4) is 0 Å². The summed E-state index contributed by atoms with van der Waals surface area (Å²) in [7, 11) is 0. The maximum Gasteiger partial charge on any atom is 0.342 e. The van der Waals surface area contributed by atoms with Crippen LogP contribution < -0.4 is 4.74 Å². The summed E-state index contributed by atoms with van der Waals surface area (Å²) >= 11 is 0. The van der Waals surface area contributed by atoms with Crippen LogP contribution in [0.1, 0.15) is 84.0 Å². The number of rotatable bonds is 4. The van der Waals surface area contributed by atoms with Gasteiger partial charge in [0.1, 0.15) is 37.1 Å². The molecular formula is C68H50O45. The van der Waals surface area contributed by atoms with Crippen LogP contribution in [0.5, 0.6) is 121 Å². The number of aliphatic hydroxyl groups is 5. The lowest BCUT2D eigenvalue weighted by molar-refractivity contribution is -0.323. The van der Waals surface area contributed by atoms with Gasteiger partial charge in [-0.25, -0.2) is 38.4 Å². The van der Waals surface area contributed by atoms with E-state index >= 15 is 0 Å². The highest BCUT2D eigenvalue weighted by molar-refractivity contribution is 6.11. The van der Waals surface area contributed by atoms with E-state index in [1.54, 1.807) is 0 Å². The maximum atomic E-state index is 14.6. The number of cyclic esters (lactones) is 2. The number of carbonyl (C=O) groups excluding carboxylic acids is 9. The summed E-state index contributed by atoms with van der Waals surface area (Å²) < 4.78 is 59.7. The van der Waals surface area contributed by atoms with Crippen LogP contribution in [0.4, 0.5) is 0 Å². The van der Waals surface area contributed by atoms with E-state index in [1.807, 2.05) is 0 Å². The van der Waals surface area contributed by atoms with Crippen molar-refractivity contribution in [2.24, 2.45) is 0 Å². The van der Waals surface area contributed by atoms with Crippen molar-refractivity contribution in [1.82, 2.24) is 0 Å². The van der Waals surface area contributed by atoms with Crippen molar-refractivity contribution in [2.75, 3.05) is 13.2 Å². The molecule has 1 aliphatic carbocycles. The fraction of sp³-hybridized carbons (Fsp3) is 0.221. The van der Waals surface area contributed by atoms with Crippen molar-refractivity contribution >= 4 is 53.5 Å². The lowest BCUT2D eigenvalue weighted by atomic mass is 9.75. The number of fused-ring (bicyclic) bond motifs is 9. The predicted octanol–water partition coefficient (Wildman–Crippen LogP) is -1.40. The number of aromatic hydroxyl groups is 20. The lowest BCUT2D eigenvalue weighted by Crippen LogP contribution is -2.66. The highest BCUT2D eigenvalue weighted by atomic mass is 16.8. The van der Waals surface area contributed by atoms with Crippen LogP contribution in [0.2, 0.25) is 0 Å². The summed E-state index contributed by atoms with van der Waals surface area (Å²) in [4.78, 5) is 124. The van der Waals surface area contributed by atoms with E-state index in [0.29, 0.717) is 54.6 Å². The fourth-order valence-corrected chi connectivity index (χ4v) is 12.9. The number of phenols is 20. The van der Waals surface area contributed by atoms with Gasteiger partial charge in [0.25, 0.3) is 11.6 Å². The van der Waals surface area contributed by atoms with Gasteiger partial charge < -0.3 is 180 Å². The van der Waals surface area contributed by atoms with E-state index in [1.165, 1.54) is 0 Å². The van der Waals surface area contributed by atoms with Gasteiger partial charge in [0.15, 0.2) is 116 Å². The smallest absolute Gasteiger partial charge is 0.342 e. The van der Waals surface area contributed by atoms with Gasteiger partial charge in [-0.15, -0.1) is 0 Å². The number of hydrogen-bond donors (Lipinski definition) is 25. The lowest BCUT2D eigenvalue weighted by Gasteiger charge is -2.45. The molecule has 0 saturated carbocycles. The minimum atomic E-state index is -3.96. The number of ether oxygens (including phenoxy) is 11. The Labute approximate surface area is 620 Å². The molecule has 113 heavy (non-hydrogen) atoms. The first-order valence-corrected chi connectivity index (χ1v) is 31.6. The molecule has 25 N–H and O–H groups in total. The first-order chi connectivity index (χ1) is 53.0. The molecule has 3 unspecified atom stereocenters. The van der Waals surface area contributed by atoms with Crippen LogP contribution >= 0.6 is 0 Å². The molecule has 6 aliphatic heterocycles. The molecule has 2 fully saturated rings. The molecule has 0 spiro atoms. The summed E-state index contributed by atoms with van der Waals surface area (Å²) in [5, 5.41) is 263. The van der Waals surface area contributed by atoms with Gasteiger partial charge in [-0.2, -0.15) is 0 Å². The van der Waals surface area contributed by atoms with E-state index < -0.39 is 339 Å². The SMILES string of the molecule is O=C(O[C@@H]1OC2COC(=O)c3cc(O)c(O)c(O)c3-c3c(cc(O)c(O)c3O)C(=O)O[C@@H](C1O)[C@@H]2O)c1cc(O)c(O)c(O)c1.O=C1O[C@@H]2C3COC(=O)c4cc(O)c(O)c(O)c4-c4c(cc(O)c(O)c4O)C(=O)O[C@@H]2[C@@H](OC(=O)c2cc4c(c(O)c2O)O[C@]2(O)[C@H]4C1=CC(=O)C2(O)O)[C@H](OC(=O)c1cc(O)c(O)c(O)c1)O3. The summed E-state index contributed by atoms with van der Waals surface area (Å²) in [5.41, 5.74) is -12.3. The average molecular weight is 1590 g/mol. The Hall–Kier alpha value is -14.8. The Balaban J connectivity index is 0.000000215. The van der Waals surface area contributed by atoms with Crippen LogP contribution in [0.15, 0.2) is 66.2 Å². The third-order valence-electron chi connectivity index (χ3n) is 18.5. The molecular weight excluding hydrogens is 1540 g/mol. The predicted molar refractivity (Wildman–Crippen MR) is 343 cm³/mol. The summed E-state index contributed by atoms with van der Waals surface area (Å²) in [6.07, 6.45) is -22.4. The first kappa shape index (κ1) is 76.4. The topological polar surface area (TPSA) is 761 Å². The van der Waals surface area contributed by atoms with E-state index in [2.05, 4.69) is 0 Å². The molecule has 7 aromatic rings. The summed E-state index contributed by atoms with van der Waals surface area (Å²) in [5.74, 6) is -50.7. The van der Waals surface area contributed by atoms with Crippen LogP contribution in [0.25, 0.3) is 22.3 Å². The Morgan fingerprint density at radius 2 is 0.726 bits per heavy atom. The number of aliphatic hydroxyl groups excluding tert-OH is 2. The van der Waals surface area contributed by atoms with Gasteiger partial charge in [0, 0.05) is 27.8 Å². The average Bonchev–Trinajstić information content (AvgIpc) is 1.53. The second-order valence-corrected chi connectivity index (χ2v) is 25.2. The van der Waals surface area contributed by atoms with Crippen molar-refractivity contribution < 1.29 is 223 Å². The minimum absolute atomic E-state index is 0.232. The maximum absolute atomic E-state index is 14.6. The summed E-state index contributed by atoms with van der Waals surface area (Å²) in [6.45, 7) is -2.26. The first-order valence-electron chi connectivity index (χ1n) is 31.6. The van der Waals surface area contributed by atoms with Gasteiger partial charge in [-0.1, -0.05) is 0 Å². The molecule has 12 atom stereocenters. The number of esters is 8. The zero-order chi connectivity index (χ0) is 82.4. The molecule has 14 rings (SSSR count). The van der Waals surface area contributed by atoms with Gasteiger partial charge in [-0.05, 0) is 60.7 Å². The van der Waals surface area contributed by atoms with E-state index in [-0.39, 0.29) is 6.08 Å². The molecule has 592 valence electrons. The van der Waals surface area contributed by atoms with Gasteiger partial charge in [0.05, 0.1) is 44.9 Å². The molecule has 0 aromatic heterocycles. The third kappa shape index (κ3) is 12.2. The Morgan fingerprint density at radius 3 is 1.17 bits per heavy atom. The quantitative estimate of drug-likeness (QED) is 0.0417. The van der Waals surface area contributed by atoms with Crippen molar-refractivity contribution in [3.05, 3.63) is 111 Å². The van der Waals surface area contributed by atoms with Crippen molar-refractivity contribution in [3.8, 4) is 143 Å². The molecule has 45 nitrogen and oxygen atoms in total. The molecule has 7 aliphatic rings. The Kier molecular flexibility index (Phi) is 18.3. The van der Waals surface area contributed by atoms with Crippen LogP contribution in [0, 0.1) is 0 Å². The minimum Gasteiger partial charge on any atom is -0.504 e. The van der Waals surface area contributed by atoms with E-state index in [0.717, 1.165) is 0 Å². The Bertz CT molecular complexity index is 5380. The number of hydrogen-bond acceptors (Lipinski definition) is 45. The number of ketones is 1. The highest BCUT2D eigenvalue weighted by Gasteiger charge is 2.70. The highest BCUT2D eigenvalue weighted by Crippen LogP contribution is 2.61. The van der Waals surface area contributed by atoms with Gasteiger partial charge in [-0.3, -0.25) is 4.79 Å². The largest absolute Gasteiger partial charge is 0.504 e. The molecule has 6 heterocycles. The molecule has 2 saturated heterocycles. The molecule has 45 heteroatoms. The molecule has 0 radical (unpaired) electrons. The summed E-state index contributed by atoms with van der Waals surface area (Å²) in [6, 6.07) is 4.94.